The monoisotopic (exact) mass is 354 g/mol. The Labute approximate surface area is 148 Å². The van der Waals surface area contributed by atoms with Crippen molar-refractivity contribution < 1.29 is 9.50 Å². The third-order valence-electron chi connectivity index (χ3n) is 4.51. The summed E-state index contributed by atoms with van der Waals surface area (Å²) in [7, 11) is -1.09. The minimum Gasteiger partial charge on any atom is -0.382 e. The fraction of sp³-hybridized carbons (Fsp3) is 0.150. The van der Waals surface area contributed by atoms with Gasteiger partial charge in [0.05, 0.1) is 17.4 Å². The fourth-order valence-corrected chi connectivity index (χ4v) is 4.78. The SMILES string of the molecule is CC(O)(c1ccc2c(cnn2-c2ccccc2)c1)C(F)[SH]1C=CC=C1. The Balaban J connectivity index is 1.72. The van der Waals surface area contributed by atoms with Gasteiger partial charge in [-0.3, -0.25) is 0 Å². The van der Waals surface area contributed by atoms with Crippen molar-refractivity contribution in [2.75, 3.05) is 0 Å². The number of benzene rings is 2. The zero-order chi connectivity index (χ0) is 17.4. The molecule has 0 saturated heterocycles. The Morgan fingerprint density at radius 2 is 1.84 bits per heavy atom. The molecule has 2 aromatic carbocycles. The first-order valence-electron chi connectivity index (χ1n) is 8.10. The first kappa shape index (κ1) is 16.1. The average Bonchev–Trinajstić information content (AvgIpc) is 3.31. The van der Waals surface area contributed by atoms with Crippen LogP contribution in [0.25, 0.3) is 16.6 Å². The second-order valence-electron chi connectivity index (χ2n) is 6.28. The van der Waals surface area contributed by atoms with Crippen LogP contribution in [0.2, 0.25) is 0 Å². The first-order chi connectivity index (χ1) is 12.1. The van der Waals surface area contributed by atoms with Gasteiger partial charge in [-0.05, 0) is 47.6 Å². The summed E-state index contributed by atoms with van der Waals surface area (Å²) in [6.07, 6.45) is 5.42. The molecular formula is C20H19FN2OS. The van der Waals surface area contributed by atoms with Gasteiger partial charge in [-0.25, -0.2) is 9.07 Å². The van der Waals surface area contributed by atoms with Crippen molar-refractivity contribution >= 4 is 21.8 Å². The fourth-order valence-electron chi connectivity index (χ4n) is 3.05. The van der Waals surface area contributed by atoms with Gasteiger partial charge in [0, 0.05) is 5.39 Å². The van der Waals surface area contributed by atoms with E-state index in [1.54, 1.807) is 19.2 Å². The molecule has 25 heavy (non-hydrogen) atoms. The van der Waals surface area contributed by atoms with E-state index in [9.17, 15) is 9.50 Å². The lowest BCUT2D eigenvalue weighted by molar-refractivity contribution is 0.0141. The van der Waals surface area contributed by atoms with E-state index in [1.807, 2.05) is 70.1 Å². The molecule has 0 amide bonds. The van der Waals surface area contributed by atoms with Crippen LogP contribution in [0, 0.1) is 0 Å². The Morgan fingerprint density at radius 1 is 1.12 bits per heavy atom. The zero-order valence-corrected chi connectivity index (χ0v) is 14.6. The molecule has 0 aliphatic carbocycles. The topological polar surface area (TPSA) is 38.1 Å². The third kappa shape index (κ3) is 2.79. The Bertz CT molecular complexity index is 950. The number of aromatic nitrogens is 2. The summed E-state index contributed by atoms with van der Waals surface area (Å²) in [4.78, 5) is 0. The normalized spacial score (nSPS) is 18.6. The standard InChI is InChI=1S/C20H19FN2OS/c1-20(24,19(21)25-11-5-6-12-25)16-9-10-18-15(13-16)14-22-23(18)17-7-3-2-4-8-17/h2-14,19,24-25H,1H3. The highest BCUT2D eigenvalue weighted by Gasteiger charge is 2.37. The second kappa shape index (κ2) is 6.17. The van der Waals surface area contributed by atoms with Crippen molar-refractivity contribution in [3.05, 3.63) is 83.3 Å². The summed E-state index contributed by atoms with van der Waals surface area (Å²) in [6, 6.07) is 15.3. The minimum absolute atomic E-state index is 0.566. The number of alkyl halides is 1. The van der Waals surface area contributed by atoms with Crippen molar-refractivity contribution in [2.45, 2.75) is 18.0 Å². The van der Waals surface area contributed by atoms with Crippen LogP contribution in [-0.2, 0) is 5.60 Å². The molecule has 0 fully saturated rings. The average molecular weight is 354 g/mol. The Morgan fingerprint density at radius 3 is 2.56 bits per heavy atom. The largest absolute Gasteiger partial charge is 0.382 e. The molecule has 0 radical (unpaired) electrons. The maximum absolute atomic E-state index is 14.9. The molecule has 3 aromatic rings. The van der Waals surface area contributed by atoms with E-state index >= 15 is 0 Å². The van der Waals surface area contributed by atoms with Crippen LogP contribution in [0.4, 0.5) is 4.39 Å². The second-order valence-corrected chi connectivity index (χ2v) is 8.22. The van der Waals surface area contributed by atoms with Gasteiger partial charge in [0.25, 0.3) is 0 Å². The zero-order valence-electron chi connectivity index (χ0n) is 13.7. The van der Waals surface area contributed by atoms with Gasteiger partial charge in [-0.2, -0.15) is 16.0 Å². The van der Waals surface area contributed by atoms with E-state index in [2.05, 4.69) is 5.10 Å². The van der Waals surface area contributed by atoms with Crippen molar-refractivity contribution in [2.24, 2.45) is 0 Å². The summed E-state index contributed by atoms with van der Waals surface area (Å²) >= 11 is 0. The number of rotatable bonds is 4. The summed E-state index contributed by atoms with van der Waals surface area (Å²) in [5, 5.41) is 19.8. The van der Waals surface area contributed by atoms with Crippen LogP contribution in [-0.4, -0.2) is 20.4 Å². The molecule has 1 aliphatic rings. The van der Waals surface area contributed by atoms with Gasteiger partial charge in [-0.1, -0.05) is 36.4 Å². The molecule has 4 rings (SSSR count). The van der Waals surface area contributed by atoms with Crippen molar-refractivity contribution in [3.8, 4) is 5.69 Å². The van der Waals surface area contributed by atoms with Crippen LogP contribution in [0.1, 0.15) is 12.5 Å². The molecule has 1 aromatic heterocycles. The third-order valence-corrected chi connectivity index (χ3v) is 6.57. The molecular weight excluding hydrogens is 335 g/mol. The lowest BCUT2D eigenvalue weighted by Crippen LogP contribution is -2.32. The molecule has 1 N–H and O–H groups in total. The quantitative estimate of drug-likeness (QED) is 0.674. The van der Waals surface area contributed by atoms with E-state index in [0.29, 0.717) is 5.56 Å². The van der Waals surface area contributed by atoms with Crippen molar-refractivity contribution in [1.82, 2.24) is 9.78 Å². The number of hydrogen-bond acceptors (Lipinski definition) is 2. The minimum atomic E-state index is -1.55. The van der Waals surface area contributed by atoms with Gasteiger partial charge in [0.1, 0.15) is 5.60 Å². The molecule has 128 valence electrons. The van der Waals surface area contributed by atoms with Crippen LogP contribution < -0.4 is 0 Å². The molecule has 0 saturated carbocycles. The number of allylic oxidation sites excluding steroid dienone is 2. The molecule has 2 atom stereocenters. The van der Waals surface area contributed by atoms with Crippen LogP contribution >= 0.6 is 10.9 Å². The molecule has 0 bridgehead atoms. The summed E-state index contributed by atoms with van der Waals surface area (Å²) in [5.74, 6) is 0. The predicted octanol–water partition coefficient (Wildman–Crippen LogP) is 4.57. The molecule has 5 heteroatoms. The lowest BCUT2D eigenvalue weighted by Gasteiger charge is -2.32. The number of thiol groups is 1. The number of hydrogen-bond donors (Lipinski definition) is 2. The van der Waals surface area contributed by atoms with E-state index in [0.717, 1.165) is 16.6 Å². The van der Waals surface area contributed by atoms with Crippen LogP contribution in [0.5, 0.6) is 0 Å². The lowest BCUT2D eigenvalue weighted by atomic mass is 9.96. The Hall–Kier alpha value is -2.37. The smallest absolute Gasteiger partial charge is 0.167 e. The molecule has 3 nitrogen and oxygen atoms in total. The van der Waals surface area contributed by atoms with Gasteiger partial charge >= 0.3 is 0 Å². The highest BCUT2D eigenvalue weighted by atomic mass is 32.2. The number of fused-ring (bicyclic) bond motifs is 1. The molecule has 0 spiro atoms. The molecule has 2 unspecified atom stereocenters. The highest BCUT2D eigenvalue weighted by molar-refractivity contribution is 8.22. The molecule has 1 aliphatic heterocycles. The maximum atomic E-state index is 14.9. The van der Waals surface area contributed by atoms with Gasteiger partial charge < -0.3 is 5.11 Å². The number of nitrogens with zero attached hydrogens (tertiary/aromatic N) is 2. The van der Waals surface area contributed by atoms with Gasteiger partial charge in [-0.15, -0.1) is 0 Å². The Kier molecular flexibility index (Phi) is 3.98. The summed E-state index contributed by atoms with van der Waals surface area (Å²) in [6.45, 7) is 1.54. The van der Waals surface area contributed by atoms with Gasteiger partial charge in [0.15, 0.2) is 5.50 Å². The summed E-state index contributed by atoms with van der Waals surface area (Å²) < 4.78 is 16.7. The van der Waals surface area contributed by atoms with Crippen molar-refractivity contribution in [3.63, 3.8) is 0 Å². The number of halogens is 1. The predicted molar refractivity (Wildman–Crippen MR) is 103 cm³/mol. The summed E-state index contributed by atoms with van der Waals surface area (Å²) in [5.41, 5.74) is -0.443. The van der Waals surface area contributed by atoms with Crippen LogP contribution in [0.15, 0.2) is 77.7 Å². The van der Waals surface area contributed by atoms with E-state index in [1.165, 1.54) is 0 Å². The maximum Gasteiger partial charge on any atom is 0.167 e. The first-order valence-corrected chi connectivity index (χ1v) is 9.65. The highest BCUT2D eigenvalue weighted by Crippen LogP contribution is 2.47. The number of para-hydroxylation sites is 1. The van der Waals surface area contributed by atoms with Crippen LogP contribution in [0.3, 0.4) is 0 Å². The van der Waals surface area contributed by atoms with E-state index < -0.39 is 22.0 Å². The molecule has 2 heterocycles. The van der Waals surface area contributed by atoms with E-state index in [-0.39, 0.29) is 0 Å². The van der Waals surface area contributed by atoms with Crippen molar-refractivity contribution in [1.29, 1.82) is 0 Å². The van der Waals surface area contributed by atoms with Gasteiger partial charge in [0.2, 0.25) is 0 Å². The van der Waals surface area contributed by atoms with E-state index in [4.69, 9.17) is 0 Å². The number of aliphatic hydroxyl groups is 1.